The zero-order chi connectivity index (χ0) is 22.2. The van der Waals surface area contributed by atoms with Gasteiger partial charge in [0.05, 0.1) is 42.3 Å². The van der Waals surface area contributed by atoms with Crippen LogP contribution in [0.4, 0.5) is 32.4 Å². The fraction of sp³-hybridized carbons (Fsp3) is 0.412. The molecule has 13 heteroatoms. The Labute approximate surface area is 167 Å². The standard InChI is InChI=1S/C17H17F5N6O2/c1-8-6-28-12(11(5-23-28)15(29)24-9(2)17(20,21)22)7-27(8)16(30)25-10-3-13(18)26-14(19)4-10/h3-5,8-9H,6-7H2,1-2H3,(H,24,29)(H,25,26,30)/t8-,9+/m0/s1. The van der Waals surface area contributed by atoms with E-state index in [0.717, 1.165) is 25.3 Å². The lowest BCUT2D eigenvalue weighted by atomic mass is 10.1. The predicted octanol–water partition coefficient (Wildman–Crippen LogP) is 2.67. The summed E-state index contributed by atoms with van der Waals surface area (Å²) in [6.45, 7) is 2.52. The fourth-order valence-corrected chi connectivity index (χ4v) is 2.95. The molecule has 0 aromatic carbocycles. The maximum Gasteiger partial charge on any atom is 0.408 e. The third-order valence-corrected chi connectivity index (χ3v) is 4.60. The fourth-order valence-electron chi connectivity index (χ4n) is 2.95. The molecule has 3 rings (SSSR count). The molecule has 1 aliphatic rings. The van der Waals surface area contributed by atoms with Gasteiger partial charge in [-0.05, 0) is 13.8 Å². The number of aromatic nitrogens is 3. The molecule has 2 aromatic rings. The number of alkyl halides is 3. The molecule has 0 spiro atoms. The van der Waals surface area contributed by atoms with Gasteiger partial charge >= 0.3 is 12.2 Å². The number of nitrogens with zero attached hydrogens (tertiary/aromatic N) is 4. The summed E-state index contributed by atoms with van der Waals surface area (Å²) in [6.07, 6.45) is -3.48. The molecular weight excluding hydrogens is 415 g/mol. The van der Waals surface area contributed by atoms with E-state index in [9.17, 15) is 31.5 Å². The second-order valence-electron chi connectivity index (χ2n) is 6.83. The van der Waals surface area contributed by atoms with Crippen molar-refractivity contribution in [1.82, 2.24) is 25.0 Å². The number of amides is 3. The Morgan fingerprint density at radius 2 is 1.87 bits per heavy atom. The van der Waals surface area contributed by atoms with E-state index in [0.29, 0.717) is 0 Å². The van der Waals surface area contributed by atoms with Crippen LogP contribution in [0.3, 0.4) is 0 Å². The van der Waals surface area contributed by atoms with Crippen LogP contribution in [0.5, 0.6) is 0 Å². The van der Waals surface area contributed by atoms with Crippen LogP contribution in [0, 0.1) is 11.9 Å². The van der Waals surface area contributed by atoms with Crippen LogP contribution in [0.15, 0.2) is 18.3 Å². The summed E-state index contributed by atoms with van der Waals surface area (Å²) in [5.74, 6) is -3.21. The first-order valence-corrected chi connectivity index (χ1v) is 8.78. The molecule has 1 aliphatic heterocycles. The van der Waals surface area contributed by atoms with Crippen molar-refractivity contribution in [3.8, 4) is 0 Å². The van der Waals surface area contributed by atoms with Crippen molar-refractivity contribution in [2.45, 2.75) is 45.2 Å². The van der Waals surface area contributed by atoms with Gasteiger partial charge in [-0.15, -0.1) is 0 Å². The summed E-state index contributed by atoms with van der Waals surface area (Å²) in [4.78, 5) is 29.1. The largest absolute Gasteiger partial charge is 0.408 e. The topological polar surface area (TPSA) is 92.2 Å². The predicted molar refractivity (Wildman–Crippen MR) is 93.4 cm³/mol. The van der Waals surface area contributed by atoms with Gasteiger partial charge in [-0.3, -0.25) is 9.48 Å². The summed E-state index contributed by atoms with van der Waals surface area (Å²) in [7, 11) is 0. The molecular formula is C17H17F5N6O2. The van der Waals surface area contributed by atoms with Gasteiger partial charge in [-0.2, -0.15) is 32.0 Å². The average molecular weight is 432 g/mol. The Morgan fingerprint density at radius 1 is 1.23 bits per heavy atom. The van der Waals surface area contributed by atoms with E-state index in [-0.39, 0.29) is 30.0 Å². The lowest BCUT2D eigenvalue weighted by Gasteiger charge is -2.34. The SMILES string of the molecule is C[C@H]1Cn2ncc(C(=O)N[C@H](C)C(F)(F)F)c2CN1C(=O)Nc1cc(F)nc(F)c1. The van der Waals surface area contributed by atoms with Crippen molar-refractivity contribution in [1.29, 1.82) is 0 Å². The Bertz CT molecular complexity index is 956. The zero-order valence-corrected chi connectivity index (χ0v) is 15.8. The molecule has 0 saturated carbocycles. The molecule has 0 fully saturated rings. The molecule has 2 N–H and O–H groups in total. The first-order valence-electron chi connectivity index (χ1n) is 8.78. The van der Waals surface area contributed by atoms with E-state index in [1.165, 1.54) is 9.58 Å². The van der Waals surface area contributed by atoms with Crippen molar-refractivity contribution in [3.63, 3.8) is 0 Å². The van der Waals surface area contributed by atoms with Crippen LogP contribution in [-0.4, -0.2) is 49.9 Å². The average Bonchev–Trinajstić information content (AvgIpc) is 3.01. The van der Waals surface area contributed by atoms with E-state index >= 15 is 0 Å². The van der Waals surface area contributed by atoms with Crippen LogP contribution < -0.4 is 10.6 Å². The number of fused-ring (bicyclic) bond motifs is 1. The first kappa shape index (κ1) is 21.5. The minimum atomic E-state index is -4.61. The zero-order valence-electron chi connectivity index (χ0n) is 15.8. The van der Waals surface area contributed by atoms with Crippen LogP contribution >= 0.6 is 0 Å². The van der Waals surface area contributed by atoms with Crippen LogP contribution in [-0.2, 0) is 13.1 Å². The normalized spacial score (nSPS) is 17.3. The number of nitrogens with one attached hydrogen (secondary N) is 2. The summed E-state index contributed by atoms with van der Waals surface area (Å²) >= 11 is 0. The van der Waals surface area contributed by atoms with E-state index in [4.69, 9.17) is 0 Å². The highest BCUT2D eigenvalue weighted by Gasteiger charge is 2.38. The number of carbonyl (C=O) groups excluding carboxylic acids is 2. The van der Waals surface area contributed by atoms with E-state index < -0.39 is 42.1 Å². The highest BCUT2D eigenvalue weighted by atomic mass is 19.4. The lowest BCUT2D eigenvalue weighted by molar-refractivity contribution is -0.149. The first-order chi connectivity index (χ1) is 14.0. The summed E-state index contributed by atoms with van der Waals surface area (Å²) in [6, 6.07) is -1.54. The maximum atomic E-state index is 13.2. The minimum Gasteiger partial charge on any atom is -0.340 e. The molecule has 30 heavy (non-hydrogen) atoms. The quantitative estimate of drug-likeness (QED) is 0.576. The van der Waals surface area contributed by atoms with Gasteiger partial charge in [0.15, 0.2) is 0 Å². The number of hydrogen-bond acceptors (Lipinski definition) is 4. The number of hydrogen-bond donors (Lipinski definition) is 2. The van der Waals surface area contributed by atoms with Gasteiger partial charge in [0.2, 0.25) is 11.9 Å². The molecule has 3 amide bonds. The molecule has 162 valence electrons. The number of anilines is 1. The smallest absolute Gasteiger partial charge is 0.340 e. The van der Waals surface area contributed by atoms with Crippen molar-refractivity contribution in [3.05, 3.63) is 41.5 Å². The number of carbonyl (C=O) groups is 2. The molecule has 0 radical (unpaired) electrons. The van der Waals surface area contributed by atoms with E-state index in [1.54, 1.807) is 6.92 Å². The molecule has 0 saturated heterocycles. The Balaban J connectivity index is 1.78. The Kier molecular flexibility index (Phi) is 5.63. The second-order valence-corrected chi connectivity index (χ2v) is 6.83. The number of halogens is 5. The third-order valence-electron chi connectivity index (χ3n) is 4.60. The minimum absolute atomic E-state index is 0.100. The van der Waals surface area contributed by atoms with Crippen molar-refractivity contribution in [2.24, 2.45) is 0 Å². The molecule has 3 heterocycles. The molecule has 8 nitrogen and oxygen atoms in total. The van der Waals surface area contributed by atoms with Gasteiger partial charge in [0.25, 0.3) is 5.91 Å². The molecule has 2 atom stereocenters. The van der Waals surface area contributed by atoms with Gasteiger partial charge in [-0.25, -0.2) is 4.79 Å². The van der Waals surface area contributed by atoms with Crippen LogP contribution in [0.25, 0.3) is 0 Å². The lowest BCUT2D eigenvalue weighted by Crippen LogP contribution is -2.48. The van der Waals surface area contributed by atoms with Gasteiger partial charge in [0.1, 0.15) is 6.04 Å². The maximum absolute atomic E-state index is 13.2. The van der Waals surface area contributed by atoms with Crippen molar-refractivity contribution in [2.75, 3.05) is 5.32 Å². The highest BCUT2D eigenvalue weighted by molar-refractivity contribution is 5.96. The van der Waals surface area contributed by atoms with Gasteiger partial charge < -0.3 is 15.5 Å². The van der Waals surface area contributed by atoms with Crippen LogP contribution in [0.2, 0.25) is 0 Å². The monoisotopic (exact) mass is 432 g/mol. The summed E-state index contributed by atoms with van der Waals surface area (Å²) < 4.78 is 66.0. The molecule has 0 unspecified atom stereocenters. The Morgan fingerprint density at radius 3 is 2.47 bits per heavy atom. The van der Waals surface area contributed by atoms with Gasteiger partial charge in [0, 0.05) is 12.1 Å². The van der Waals surface area contributed by atoms with Crippen LogP contribution in [0.1, 0.15) is 29.9 Å². The Hall–Kier alpha value is -3.25. The van der Waals surface area contributed by atoms with E-state index in [2.05, 4.69) is 15.4 Å². The summed E-state index contributed by atoms with van der Waals surface area (Å²) in [5.41, 5.74) is -0.0211. The number of pyridine rings is 1. The summed E-state index contributed by atoms with van der Waals surface area (Å²) in [5, 5.41) is 8.20. The van der Waals surface area contributed by atoms with Crippen molar-refractivity contribution < 1.29 is 31.5 Å². The van der Waals surface area contributed by atoms with Crippen molar-refractivity contribution >= 4 is 17.6 Å². The second kappa shape index (κ2) is 7.88. The molecule has 0 aliphatic carbocycles. The highest BCUT2D eigenvalue weighted by Crippen LogP contribution is 2.24. The van der Waals surface area contributed by atoms with E-state index in [1.807, 2.05) is 5.32 Å². The third kappa shape index (κ3) is 4.49. The number of urea groups is 1. The molecule has 0 bridgehead atoms. The molecule has 2 aromatic heterocycles. The van der Waals surface area contributed by atoms with Gasteiger partial charge in [-0.1, -0.05) is 0 Å². The number of rotatable bonds is 3.